The molecular formula is C12H18ClNO. The molecule has 3 heteroatoms. The van der Waals surface area contributed by atoms with Crippen LogP contribution in [0.25, 0.3) is 0 Å². The van der Waals surface area contributed by atoms with E-state index in [0.717, 1.165) is 25.9 Å². The molecule has 0 atom stereocenters. The summed E-state index contributed by atoms with van der Waals surface area (Å²) < 4.78 is 0. The van der Waals surface area contributed by atoms with Gasteiger partial charge in [0.05, 0.1) is 6.61 Å². The lowest BCUT2D eigenvalue weighted by Crippen LogP contribution is -2.42. The second kappa shape index (κ2) is 5.50. The largest absolute Gasteiger partial charge is 0.395 e. The SMILES string of the molecule is Cl.OCC1(c2ccccc2)CCNCC1. The quantitative estimate of drug-likeness (QED) is 0.807. The number of piperidine rings is 1. The molecule has 1 aromatic carbocycles. The Kier molecular flexibility index (Phi) is 4.58. The van der Waals surface area contributed by atoms with E-state index in [-0.39, 0.29) is 24.4 Å². The lowest BCUT2D eigenvalue weighted by atomic mass is 9.74. The van der Waals surface area contributed by atoms with E-state index < -0.39 is 0 Å². The molecule has 2 N–H and O–H groups in total. The van der Waals surface area contributed by atoms with Gasteiger partial charge in [0.2, 0.25) is 0 Å². The summed E-state index contributed by atoms with van der Waals surface area (Å²) in [6.45, 7) is 2.28. The minimum absolute atomic E-state index is 0. The Labute approximate surface area is 97.1 Å². The fourth-order valence-corrected chi connectivity index (χ4v) is 2.24. The molecule has 0 saturated carbocycles. The van der Waals surface area contributed by atoms with Crippen molar-refractivity contribution in [1.82, 2.24) is 5.32 Å². The molecule has 1 aliphatic heterocycles. The minimum Gasteiger partial charge on any atom is -0.395 e. The number of aliphatic hydroxyl groups is 1. The van der Waals surface area contributed by atoms with E-state index in [9.17, 15) is 5.11 Å². The summed E-state index contributed by atoms with van der Waals surface area (Å²) >= 11 is 0. The van der Waals surface area contributed by atoms with Gasteiger partial charge in [0, 0.05) is 5.41 Å². The van der Waals surface area contributed by atoms with Crippen molar-refractivity contribution in [1.29, 1.82) is 0 Å². The average molecular weight is 228 g/mol. The monoisotopic (exact) mass is 227 g/mol. The maximum atomic E-state index is 9.57. The van der Waals surface area contributed by atoms with Gasteiger partial charge >= 0.3 is 0 Å². The number of nitrogens with one attached hydrogen (secondary N) is 1. The lowest BCUT2D eigenvalue weighted by Gasteiger charge is -2.36. The summed E-state index contributed by atoms with van der Waals surface area (Å²) in [5, 5.41) is 12.9. The molecule has 15 heavy (non-hydrogen) atoms. The summed E-state index contributed by atoms with van der Waals surface area (Å²) in [5.41, 5.74) is 1.29. The summed E-state index contributed by atoms with van der Waals surface area (Å²) in [6.07, 6.45) is 2.07. The zero-order valence-corrected chi connectivity index (χ0v) is 9.59. The van der Waals surface area contributed by atoms with Crippen LogP contribution in [0.4, 0.5) is 0 Å². The van der Waals surface area contributed by atoms with Gasteiger partial charge in [0.25, 0.3) is 0 Å². The van der Waals surface area contributed by atoms with Gasteiger partial charge in [0.15, 0.2) is 0 Å². The van der Waals surface area contributed by atoms with Crippen LogP contribution < -0.4 is 5.32 Å². The Morgan fingerprint density at radius 3 is 2.27 bits per heavy atom. The van der Waals surface area contributed by atoms with E-state index in [1.165, 1.54) is 5.56 Å². The standard InChI is InChI=1S/C12H17NO.ClH/c14-10-12(6-8-13-9-7-12)11-4-2-1-3-5-11;/h1-5,13-14H,6-10H2;1H. The summed E-state index contributed by atoms with van der Waals surface area (Å²) in [6, 6.07) is 10.4. The van der Waals surface area contributed by atoms with Crippen molar-refractivity contribution >= 4 is 12.4 Å². The molecule has 0 amide bonds. The highest BCUT2D eigenvalue weighted by molar-refractivity contribution is 5.85. The number of halogens is 1. The third kappa shape index (κ3) is 2.51. The highest BCUT2D eigenvalue weighted by Crippen LogP contribution is 2.32. The fraction of sp³-hybridized carbons (Fsp3) is 0.500. The molecule has 1 aliphatic rings. The van der Waals surface area contributed by atoms with Crippen LogP contribution in [-0.4, -0.2) is 24.8 Å². The molecule has 0 unspecified atom stereocenters. The van der Waals surface area contributed by atoms with Gasteiger partial charge in [-0.25, -0.2) is 0 Å². The van der Waals surface area contributed by atoms with Gasteiger partial charge in [-0.15, -0.1) is 12.4 Å². The summed E-state index contributed by atoms with van der Waals surface area (Å²) in [5.74, 6) is 0. The molecule has 0 bridgehead atoms. The molecule has 1 saturated heterocycles. The Morgan fingerprint density at radius 1 is 1.13 bits per heavy atom. The lowest BCUT2D eigenvalue weighted by molar-refractivity contribution is 0.158. The predicted octanol–water partition coefficient (Wildman–Crippen LogP) is 1.72. The van der Waals surface area contributed by atoms with Crippen LogP contribution >= 0.6 is 12.4 Å². The number of aliphatic hydroxyl groups excluding tert-OH is 1. The van der Waals surface area contributed by atoms with Crippen LogP contribution in [0.1, 0.15) is 18.4 Å². The first kappa shape index (κ1) is 12.5. The molecular weight excluding hydrogens is 210 g/mol. The van der Waals surface area contributed by atoms with Gasteiger partial charge in [-0.1, -0.05) is 30.3 Å². The zero-order valence-electron chi connectivity index (χ0n) is 8.78. The van der Waals surface area contributed by atoms with Crippen molar-refractivity contribution in [3.8, 4) is 0 Å². The Balaban J connectivity index is 0.00000112. The van der Waals surface area contributed by atoms with Crippen LogP contribution in [0.3, 0.4) is 0 Å². The van der Waals surface area contributed by atoms with Crippen LogP contribution in [0.15, 0.2) is 30.3 Å². The molecule has 1 fully saturated rings. The van der Waals surface area contributed by atoms with Crippen molar-refractivity contribution in [2.24, 2.45) is 0 Å². The normalized spacial score (nSPS) is 19.3. The maximum absolute atomic E-state index is 9.57. The number of benzene rings is 1. The van der Waals surface area contributed by atoms with E-state index in [1.807, 2.05) is 6.07 Å². The molecule has 0 aliphatic carbocycles. The highest BCUT2D eigenvalue weighted by atomic mass is 35.5. The van der Waals surface area contributed by atoms with Gasteiger partial charge in [-0.3, -0.25) is 0 Å². The summed E-state index contributed by atoms with van der Waals surface area (Å²) in [7, 11) is 0. The van der Waals surface area contributed by atoms with Gasteiger partial charge < -0.3 is 10.4 Å². The number of rotatable bonds is 2. The number of hydrogen-bond acceptors (Lipinski definition) is 2. The molecule has 84 valence electrons. The molecule has 0 spiro atoms. The Morgan fingerprint density at radius 2 is 1.73 bits per heavy atom. The molecule has 1 aromatic rings. The zero-order chi connectivity index (χ0) is 9.86. The van der Waals surface area contributed by atoms with Crippen LogP contribution in [0.5, 0.6) is 0 Å². The Hall–Kier alpha value is -0.570. The smallest absolute Gasteiger partial charge is 0.0528 e. The first-order chi connectivity index (χ1) is 6.87. The molecule has 0 radical (unpaired) electrons. The fourth-order valence-electron chi connectivity index (χ4n) is 2.24. The van der Waals surface area contributed by atoms with Crippen molar-refractivity contribution < 1.29 is 5.11 Å². The molecule has 2 rings (SSSR count). The van der Waals surface area contributed by atoms with E-state index in [0.29, 0.717) is 0 Å². The third-order valence-corrected chi connectivity index (χ3v) is 3.25. The van der Waals surface area contributed by atoms with E-state index in [4.69, 9.17) is 0 Å². The average Bonchev–Trinajstić information content (AvgIpc) is 2.31. The minimum atomic E-state index is 0. The van der Waals surface area contributed by atoms with Crippen LogP contribution in [0.2, 0.25) is 0 Å². The number of hydrogen-bond donors (Lipinski definition) is 2. The first-order valence-electron chi connectivity index (χ1n) is 5.24. The van der Waals surface area contributed by atoms with Crippen molar-refractivity contribution in [2.75, 3.05) is 19.7 Å². The van der Waals surface area contributed by atoms with E-state index >= 15 is 0 Å². The van der Waals surface area contributed by atoms with E-state index in [1.54, 1.807) is 0 Å². The van der Waals surface area contributed by atoms with Crippen molar-refractivity contribution in [3.63, 3.8) is 0 Å². The predicted molar refractivity (Wildman–Crippen MR) is 64.6 cm³/mol. The van der Waals surface area contributed by atoms with Gasteiger partial charge in [-0.2, -0.15) is 0 Å². The molecule has 0 aromatic heterocycles. The van der Waals surface area contributed by atoms with Crippen LogP contribution in [0, 0.1) is 0 Å². The molecule has 1 heterocycles. The van der Waals surface area contributed by atoms with Gasteiger partial charge in [0.1, 0.15) is 0 Å². The van der Waals surface area contributed by atoms with Crippen molar-refractivity contribution in [3.05, 3.63) is 35.9 Å². The maximum Gasteiger partial charge on any atom is 0.0528 e. The Bertz CT molecular complexity index is 283. The topological polar surface area (TPSA) is 32.3 Å². The second-order valence-electron chi connectivity index (χ2n) is 4.05. The van der Waals surface area contributed by atoms with Crippen molar-refractivity contribution in [2.45, 2.75) is 18.3 Å². The van der Waals surface area contributed by atoms with Crippen LogP contribution in [-0.2, 0) is 5.41 Å². The second-order valence-corrected chi connectivity index (χ2v) is 4.05. The first-order valence-corrected chi connectivity index (χ1v) is 5.24. The summed E-state index contributed by atoms with van der Waals surface area (Å²) in [4.78, 5) is 0. The third-order valence-electron chi connectivity index (χ3n) is 3.25. The van der Waals surface area contributed by atoms with E-state index in [2.05, 4.69) is 29.6 Å². The molecule has 2 nitrogen and oxygen atoms in total. The van der Waals surface area contributed by atoms with Gasteiger partial charge in [-0.05, 0) is 31.5 Å². The highest BCUT2D eigenvalue weighted by Gasteiger charge is 2.32.